The quantitative estimate of drug-likeness (QED) is 0.636. The van der Waals surface area contributed by atoms with E-state index in [1.54, 1.807) is 13.8 Å². The summed E-state index contributed by atoms with van der Waals surface area (Å²) in [7, 11) is -0.270. The van der Waals surface area contributed by atoms with E-state index in [9.17, 15) is 4.79 Å². The predicted octanol–water partition coefficient (Wildman–Crippen LogP) is 1.79. The van der Waals surface area contributed by atoms with Crippen molar-refractivity contribution in [2.24, 2.45) is 0 Å². The second-order valence-electron chi connectivity index (χ2n) is 4.22. The second-order valence-corrected chi connectivity index (χ2v) is 8.65. The Morgan fingerprint density at radius 2 is 1.67 bits per heavy atom. The zero-order chi connectivity index (χ0) is 9.99. The maximum atomic E-state index is 11.4. The van der Waals surface area contributed by atoms with Crippen LogP contribution in [0.1, 0.15) is 13.8 Å². The first-order valence-corrected chi connectivity index (χ1v) is 7.38. The molecule has 0 saturated carbocycles. The van der Waals surface area contributed by atoms with Crippen LogP contribution in [-0.4, -0.2) is 27.0 Å². The van der Waals surface area contributed by atoms with E-state index < -0.39 is 13.9 Å². The third-order valence-corrected chi connectivity index (χ3v) is 2.20. The van der Waals surface area contributed by atoms with Crippen LogP contribution in [0.5, 0.6) is 0 Å². The highest BCUT2D eigenvalue weighted by Gasteiger charge is 2.32. The van der Waals surface area contributed by atoms with Crippen molar-refractivity contribution in [3.05, 3.63) is 0 Å². The van der Waals surface area contributed by atoms with E-state index in [0.29, 0.717) is 0 Å². The highest BCUT2D eigenvalue weighted by Crippen LogP contribution is 2.14. The van der Waals surface area contributed by atoms with Gasteiger partial charge in [-0.1, -0.05) is 0 Å². The molecule has 3 nitrogen and oxygen atoms in total. The predicted molar refractivity (Wildman–Crippen MR) is 50.5 cm³/mol. The number of hydrogen-bond acceptors (Lipinski definition) is 3. The van der Waals surface area contributed by atoms with Crippen LogP contribution >= 0.6 is 0 Å². The standard InChI is InChI=1S/C8H18O3Si/c1-8(2,10-3)7(9)11-12(4,5)6/h1-6H3. The molecule has 0 rings (SSSR count). The van der Waals surface area contributed by atoms with Gasteiger partial charge in [0.05, 0.1) is 0 Å². The molecule has 0 saturated heterocycles. The molecule has 0 aromatic heterocycles. The van der Waals surface area contributed by atoms with E-state index in [-0.39, 0.29) is 5.97 Å². The zero-order valence-corrected chi connectivity index (χ0v) is 9.72. The lowest BCUT2D eigenvalue weighted by atomic mass is 10.1. The van der Waals surface area contributed by atoms with Crippen molar-refractivity contribution >= 4 is 14.3 Å². The van der Waals surface area contributed by atoms with Gasteiger partial charge in [-0.2, -0.15) is 0 Å². The molecule has 0 aliphatic carbocycles. The van der Waals surface area contributed by atoms with Crippen LogP contribution in [0.2, 0.25) is 19.6 Å². The van der Waals surface area contributed by atoms with Gasteiger partial charge < -0.3 is 9.16 Å². The lowest BCUT2D eigenvalue weighted by molar-refractivity contribution is -0.155. The highest BCUT2D eigenvalue weighted by atomic mass is 28.4. The number of carbonyl (C=O) groups is 1. The molecular weight excluding hydrogens is 172 g/mol. The van der Waals surface area contributed by atoms with Crippen LogP contribution in [-0.2, 0) is 14.0 Å². The van der Waals surface area contributed by atoms with Gasteiger partial charge in [-0.25, -0.2) is 0 Å². The Labute approximate surface area is 75.2 Å². The van der Waals surface area contributed by atoms with Gasteiger partial charge in [0.1, 0.15) is 0 Å². The molecule has 0 aliphatic heterocycles. The lowest BCUT2D eigenvalue weighted by Crippen LogP contribution is -2.42. The van der Waals surface area contributed by atoms with Gasteiger partial charge in [0.2, 0.25) is 8.32 Å². The largest absolute Gasteiger partial charge is 0.518 e. The summed E-state index contributed by atoms with van der Waals surface area (Å²) in [6.07, 6.45) is 0. The van der Waals surface area contributed by atoms with E-state index in [2.05, 4.69) is 0 Å². The van der Waals surface area contributed by atoms with Gasteiger partial charge in [-0.3, -0.25) is 4.79 Å². The molecule has 0 fully saturated rings. The molecule has 0 bridgehead atoms. The van der Waals surface area contributed by atoms with Gasteiger partial charge in [0.25, 0.3) is 0 Å². The van der Waals surface area contributed by atoms with Crippen molar-refractivity contribution in [3.8, 4) is 0 Å². The average molecular weight is 190 g/mol. The Morgan fingerprint density at radius 1 is 1.25 bits per heavy atom. The fraction of sp³-hybridized carbons (Fsp3) is 0.875. The summed E-state index contributed by atoms with van der Waals surface area (Å²) < 4.78 is 10.3. The van der Waals surface area contributed by atoms with E-state index >= 15 is 0 Å². The number of carbonyl (C=O) groups excluding carboxylic acids is 1. The Balaban J connectivity index is 4.23. The van der Waals surface area contributed by atoms with Crippen molar-refractivity contribution in [1.82, 2.24) is 0 Å². The number of rotatable bonds is 3. The van der Waals surface area contributed by atoms with Crippen LogP contribution in [0.4, 0.5) is 0 Å². The van der Waals surface area contributed by atoms with Crippen LogP contribution in [0, 0.1) is 0 Å². The fourth-order valence-electron chi connectivity index (χ4n) is 0.484. The summed E-state index contributed by atoms with van der Waals surface area (Å²) in [6.45, 7) is 9.31. The van der Waals surface area contributed by atoms with E-state index in [0.717, 1.165) is 0 Å². The van der Waals surface area contributed by atoms with E-state index in [1.165, 1.54) is 7.11 Å². The van der Waals surface area contributed by atoms with Crippen LogP contribution in [0.3, 0.4) is 0 Å². The smallest absolute Gasteiger partial charge is 0.324 e. The van der Waals surface area contributed by atoms with Gasteiger partial charge in [0.15, 0.2) is 5.60 Å². The Bertz CT molecular complexity index is 170. The molecule has 0 spiro atoms. The van der Waals surface area contributed by atoms with Crippen molar-refractivity contribution in [2.45, 2.75) is 39.1 Å². The zero-order valence-electron chi connectivity index (χ0n) is 8.72. The SMILES string of the molecule is COC(C)(C)C(=O)O[Si](C)(C)C. The Hall–Kier alpha value is -0.353. The molecule has 0 heterocycles. The summed E-state index contributed by atoms with van der Waals surface area (Å²) in [6, 6.07) is 0. The average Bonchev–Trinajstić information content (AvgIpc) is 1.84. The lowest BCUT2D eigenvalue weighted by Gasteiger charge is -2.26. The van der Waals surface area contributed by atoms with Crippen molar-refractivity contribution in [2.75, 3.05) is 7.11 Å². The maximum absolute atomic E-state index is 11.4. The van der Waals surface area contributed by atoms with Gasteiger partial charge in [0, 0.05) is 7.11 Å². The molecule has 0 aromatic rings. The normalized spacial score (nSPS) is 12.8. The number of methoxy groups -OCH3 is 1. The Morgan fingerprint density at radius 3 is 1.92 bits per heavy atom. The molecule has 4 heteroatoms. The first-order valence-electron chi connectivity index (χ1n) is 3.97. The second kappa shape index (κ2) is 3.58. The van der Waals surface area contributed by atoms with Gasteiger partial charge >= 0.3 is 5.97 Å². The van der Waals surface area contributed by atoms with Gasteiger partial charge in [-0.15, -0.1) is 0 Å². The fourth-order valence-corrected chi connectivity index (χ4v) is 1.29. The van der Waals surface area contributed by atoms with Crippen LogP contribution in [0.25, 0.3) is 0 Å². The highest BCUT2D eigenvalue weighted by molar-refractivity contribution is 6.71. The maximum Gasteiger partial charge on any atom is 0.324 e. The first kappa shape index (κ1) is 11.6. The van der Waals surface area contributed by atoms with Crippen molar-refractivity contribution in [1.29, 1.82) is 0 Å². The molecule has 0 atom stereocenters. The Kier molecular flexibility index (Phi) is 3.47. The topological polar surface area (TPSA) is 35.5 Å². The molecular formula is C8H18O3Si. The third kappa shape index (κ3) is 3.87. The van der Waals surface area contributed by atoms with Gasteiger partial charge in [-0.05, 0) is 33.5 Å². The summed E-state index contributed by atoms with van der Waals surface area (Å²) in [5.74, 6) is -0.274. The number of ether oxygens (including phenoxy) is 1. The summed E-state index contributed by atoms with van der Waals surface area (Å²) >= 11 is 0. The summed E-state index contributed by atoms with van der Waals surface area (Å²) in [4.78, 5) is 11.4. The van der Waals surface area contributed by atoms with Crippen LogP contribution < -0.4 is 0 Å². The van der Waals surface area contributed by atoms with Crippen molar-refractivity contribution in [3.63, 3.8) is 0 Å². The summed E-state index contributed by atoms with van der Waals surface area (Å²) in [5.41, 5.74) is -0.819. The molecule has 0 aliphatic rings. The van der Waals surface area contributed by atoms with E-state index in [4.69, 9.17) is 9.16 Å². The minimum atomic E-state index is -1.78. The van der Waals surface area contributed by atoms with E-state index in [1.807, 2.05) is 19.6 Å². The summed E-state index contributed by atoms with van der Waals surface area (Å²) in [5, 5.41) is 0. The molecule has 0 aromatic carbocycles. The monoisotopic (exact) mass is 190 g/mol. The molecule has 0 N–H and O–H groups in total. The minimum absolute atomic E-state index is 0.274. The first-order chi connectivity index (χ1) is 5.19. The molecule has 0 amide bonds. The minimum Gasteiger partial charge on any atom is -0.518 e. The molecule has 0 radical (unpaired) electrons. The molecule has 72 valence electrons. The van der Waals surface area contributed by atoms with Crippen LogP contribution in [0.15, 0.2) is 0 Å². The molecule has 12 heavy (non-hydrogen) atoms. The number of hydrogen-bond donors (Lipinski definition) is 0. The molecule has 0 unspecified atom stereocenters. The van der Waals surface area contributed by atoms with Crippen molar-refractivity contribution < 1.29 is 14.0 Å². The third-order valence-electron chi connectivity index (χ3n) is 1.40.